The number of carbonyl (C=O) groups is 1. The van der Waals surface area contributed by atoms with Gasteiger partial charge in [-0.2, -0.15) is 0 Å². The molecule has 0 spiro atoms. The van der Waals surface area contributed by atoms with Gasteiger partial charge in [0, 0.05) is 17.1 Å². The van der Waals surface area contributed by atoms with Crippen LogP contribution in [0.15, 0.2) is 41.1 Å². The van der Waals surface area contributed by atoms with Gasteiger partial charge in [0.1, 0.15) is 17.8 Å². The van der Waals surface area contributed by atoms with Gasteiger partial charge in [-0.15, -0.1) is 0 Å². The van der Waals surface area contributed by atoms with Gasteiger partial charge >= 0.3 is 0 Å². The van der Waals surface area contributed by atoms with Crippen LogP contribution in [0.25, 0.3) is 0 Å². The van der Waals surface area contributed by atoms with E-state index in [1.807, 2.05) is 24.3 Å². The van der Waals surface area contributed by atoms with Gasteiger partial charge in [0.05, 0.1) is 5.69 Å². The van der Waals surface area contributed by atoms with E-state index in [1.54, 1.807) is 6.07 Å². The molecule has 0 fully saturated rings. The summed E-state index contributed by atoms with van der Waals surface area (Å²) in [7, 11) is 0. The highest BCUT2D eigenvalue weighted by atomic mass is 79.9. The fourth-order valence-corrected chi connectivity index (χ4v) is 2.10. The highest BCUT2D eigenvalue weighted by Crippen LogP contribution is 2.21. The molecule has 2 rings (SSSR count). The smallest absolute Gasteiger partial charge is 0.274 e. The van der Waals surface area contributed by atoms with Gasteiger partial charge in [-0.1, -0.05) is 25.5 Å². The van der Waals surface area contributed by atoms with Crippen molar-refractivity contribution in [3.63, 3.8) is 0 Å². The Hall–Kier alpha value is -1.95. The van der Waals surface area contributed by atoms with E-state index >= 15 is 0 Å². The third-order valence-electron chi connectivity index (χ3n) is 2.86. The molecular formula is C15H17BrN4O. The second-order valence-electron chi connectivity index (χ2n) is 4.50. The van der Waals surface area contributed by atoms with Crippen molar-refractivity contribution < 1.29 is 4.79 Å². The molecule has 1 aromatic carbocycles. The molecule has 0 saturated heterocycles. The van der Waals surface area contributed by atoms with E-state index in [-0.39, 0.29) is 5.91 Å². The molecule has 110 valence electrons. The quantitative estimate of drug-likeness (QED) is 0.781. The van der Waals surface area contributed by atoms with Crippen molar-refractivity contribution in [2.75, 3.05) is 17.2 Å². The number of para-hydroxylation sites is 1. The van der Waals surface area contributed by atoms with E-state index in [1.165, 1.54) is 6.33 Å². The number of unbranched alkanes of at least 4 members (excludes halogenated alkanes) is 1. The third kappa shape index (κ3) is 4.53. The standard InChI is InChI=1S/C15H17BrN4O/c1-2-3-8-17-14-9-13(18-10-19-14)15(21)20-12-7-5-4-6-11(12)16/h4-7,9-10H,2-3,8H2,1H3,(H,20,21)(H,17,18,19). The average Bonchev–Trinajstić information content (AvgIpc) is 2.50. The molecule has 0 saturated carbocycles. The molecule has 6 heteroatoms. The first-order chi connectivity index (χ1) is 10.2. The Labute approximate surface area is 132 Å². The predicted octanol–water partition coefficient (Wildman–Crippen LogP) is 3.70. The Kier molecular flexibility index (Phi) is 5.68. The number of hydrogen-bond acceptors (Lipinski definition) is 4. The molecule has 0 radical (unpaired) electrons. The first-order valence-corrected chi connectivity index (χ1v) is 7.62. The Morgan fingerprint density at radius 1 is 1.29 bits per heavy atom. The van der Waals surface area contributed by atoms with Crippen molar-refractivity contribution in [2.24, 2.45) is 0 Å². The summed E-state index contributed by atoms with van der Waals surface area (Å²) in [5.41, 5.74) is 1.04. The number of halogens is 1. The maximum atomic E-state index is 12.2. The number of rotatable bonds is 6. The average molecular weight is 349 g/mol. The Morgan fingerprint density at radius 2 is 2.10 bits per heavy atom. The molecule has 0 aliphatic carbocycles. The summed E-state index contributed by atoms with van der Waals surface area (Å²) in [5, 5.41) is 5.99. The maximum absolute atomic E-state index is 12.2. The number of nitrogens with one attached hydrogen (secondary N) is 2. The molecule has 0 bridgehead atoms. The number of hydrogen-bond donors (Lipinski definition) is 2. The lowest BCUT2D eigenvalue weighted by Gasteiger charge is -2.08. The lowest BCUT2D eigenvalue weighted by atomic mass is 10.3. The van der Waals surface area contributed by atoms with Crippen LogP contribution in [0.4, 0.5) is 11.5 Å². The third-order valence-corrected chi connectivity index (χ3v) is 3.55. The zero-order valence-electron chi connectivity index (χ0n) is 11.8. The van der Waals surface area contributed by atoms with Gasteiger partial charge in [-0.05, 0) is 34.5 Å². The minimum atomic E-state index is -0.261. The molecule has 0 aliphatic rings. The van der Waals surface area contributed by atoms with Crippen LogP contribution in [0.2, 0.25) is 0 Å². The zero-order valence-corrected chi connectivity index (χ0v) is 13.4. The first kappa shape index (κ1) is 15.4. The van der Waals surface area contributed by atoms with Gasteiger partial charge in [0.15, 0.2) is 0 Å². The Morgan fingerprint density at radius 3 is 2.86 bits per heavy atom. The fourth-order valence-electron chi connectivity index (χ4n) is 1.72. The summed E-state index contributed by atoms with van der Waals surface area (Å²) >= 11 is 3.39. The second-order valence-corrected chi connectivity index (χ2v) is 5.36. The van der Waals surface area contributed by atoms with Crippen LogP contribution in [-0.4, -0.2) is 22.4 Å². The number of amides is 1. The topological polar surface area (TPSA) is 66.9 Å². The Balaban J connectivity index is 2.05. The van der Waals surface area contributed by atoms with Crippen molar-refractivity contribution >= 4 is 33.3 Å². The van der Waals surface area contributed by atoms with Crippen LogP contribution in [-0.2, 0) is 0 Å². The number of benzene rings is 1. The van der Waals surface area contributed by atoms with Gasteiger partial charge < -0.3 is 10.6 Å². The molecule has 0 unspecified atom stereocenters. The van der Waals surface area contributed by atoms with Crippen molar-refractivity contribution in [1.82, 2.24) is 9.97 Å². The molecule has 1 aromatic heterocycles. The van der Waals surface area contributed by atoms with Crippen LogP contribution in [0, 0.1) is 0 Å². The van der Waals surface area contributed by atoms with Crippen molar-refractivity contribution in [3.05, 3.63) is 46.8 Å². The van der Waals surface area contributed by atoms with Crippen LogP contribution >= 0.6 is 15.9 Å². The maximum Gasteiger partial charge on any atom is 0.274 e. The summed E-state index contributed by atoms with van der Waals surface area (Å²) in [5.74, 6) is 0.401. The molecule has 1 heterocycles. The number of anilines is 2. The van der Waals surface area contributed by atoms with Crippen LogP contribution in [0.5, 0.6) is 0 Å². The molecule has 2 N–H and O–H groups in total. The van der Waals surface area contributed by atoms with E-state index < -0.39 is 0 Å². The number of nitrogens with zero attached hydrogens (tertiary/aromatic N) is 2. The number of carbonyl (C=O) groups excluding carboxylic acids is 1. The molecule has 0 aliphatic heterocycles. The summed E-state index contributed by atoms with van der Waals surface area (Å²) in [4.78, 5) is 20.3. The van der Waals surface area contributed by atoms with Gasteiger partial charge in [-0.25, -0.2) is 9.97 Å². The summed E-state index contributed by atoms with van der Waals surface area (Å²) in [6.07, 6.45) is 3.55. The van der Waals surface area contributed by atoms with E-state index in [0.29, 0.717) is 17.2 Å². The largest absolute Gasteiger partial charge is 0.370 e. The van der Waals surface area contributed by atoms with Crippen LogP contribution in [0.1, 0.15) is 30.3 Å². The minimum absolute atomic E-state index is 0.261. The lowest BCUT2D eigenvalue weighted by Crippen LogP contribution is -2.15. The van der Waals surface area contributed by atoms with E-state index in [4.69, 9.17) is 0 Å². The van der Waals surface area contributed by atoms with Gasteiger partial charge in [0.25, 0.3) is 5.91 Å². The van der Waals surface area contributed by atoms with Crippen molar-refractivity contribution in [2.45, 2.75) is 19.8 Å². The van der Waals surface area contributed by atoms with E-state index in [9.17, 15) is 4.79 Å². The highest BCUT2D eigenvalue weighted by Gasteiger charge is 2.10. The molecule has 5 nitrogen and oxygen atoms in total. The zero-order chi connectivity index (χ0) is 15.1. The molecule has 21 heavy (non-hydrogen) atoms. The summed E-state index contributed by atoms with van der Waals surface area (Å²) in [6, 6.07) is 9.09. The fraction of sp³-hybridized carbons (Fsp3) is 0.267. The van der Waals surface area contributed by atoms with Crippen LogP contribution < -0.4 is 10.6 Å². The molecule has 2 aromatic rings. The highest BCUT2D eigenvalue weighted by molar-refractivity contribution is 9.10. The van der Waals surface area contributed by atoms with Gasteiger partial charge in [0.2, 0.25) is 0 Å². The summed E-state index contributed by atoms with van der Waals surface area (Å²) < 4.78 is 0.828. The molecule has 1 amide bonds. The minimum Gasteiger partial charge on any atom is -0.370 e. The monoisotopic (exact) mass is 348 g/mol. The van der Waals surface area contributed by atoms with E-state index in [2.05, 4.69) is 43.5 Å². The molecule has 0 atom stereocenters. The normalized spacial score (nSPS) is 10.2. The molecular weight excluding hydrogens is 332 g/mol. The van der Waals surface area contributed by atoms with Crippen molar-refractivity contribution in [1.29, 1.82) is 0 Å². The van der Waals surface area contributed by atoms with Crippen molar-refractivity contribution in [3.8, 4) is 0 Å². The van der Waals surface area contributed by atoms with Crippen LogP contribution in [0.3, 0.4) is 0 Å². The predicted molar refractivity (Wildman–Crippen MR) is 87.5 cm³/mol. The number of aromatic nitrogens is 2. The summed E-state index contributed by atoms with van der Waals surface area (Å²) in [6.45, 7) is 2.96. The van der Waals surface area contributed by atoms with E-state index in [0.717, 1.165) is 23.9 Å². The first-order valence-electron chi connectivity index (χ1n) is 6.82. The van der Waals surface area contributed by atoms with Gasteiger partial charge in [-0.3, -0.25) is 4.79 Å². The Bertz CT molecular complexity index is 618. The SMILES string of the molecule is CCCCNc1cc(C(=O)Nc2ccccc2Br)ncn1. The lowest BCUT2D eigenvalue weighted by molar-refractivity contribution is 0.102. The second kappa shape index (κ2) is 7.73.